The van der Waals surface area contributed by atoms with Gasteiger partial charge in [0.05, 0.1) is 24.9 Å². The van der Waals surface area contributed by atoms with Gasteiger partial charge in [-0.25, -0.2) is 0 Å². The minimum atomic E-state index is -0.249. The van der Waals surface area contributed by atoms with Gasteiger partial charge in [-0.3, -0.25) is 4.98 Å². The molecule has 1 aromatic rings. The number of aryl methyl sites for hydroxylation is 1. The molecule has 0 radical (unpaired) electrons. The van der Waals surface area contributed by atoms with Gasteiger partial charge in [0.25, 0.3) is 0 Å². The molecule has 4 nitrogen and oxygen atoms in total. The largest absolute Gasteiger partial charge is 0.496 e. The zero-order valence-electron chi connectivity index (χ0n) is 11.9. The second kappa shape index (κ2) is 4.46. The van der Waals surface area contributed by atoms with E-state index in [9.17, 15) is 0 Å². The zero-order chi connectivity index (χ0) is 13.6. The molecule has 19 heavy (non-hydrogen) atoms. The molecule has 3 rings (SSSR count). The Morgan fingerprint density at radius 1 is 1.47 bits per heavy atom. The lowest BCUT2D eigenvalue weighted by molar-refractivity contribution is 0.0854. The van der Waals surface area contributed by atoms with E-state index in [0.29, 0.717) is 6.10 Å². The number of pyridine rings is 1. The van der Waals surface area contributed by atoms with Gasteiger partial charge in [-0.1, -0.05) is 0 Å². The van der Waals surface area contributed by atoms with E-state index in [2.05, 4.69) is 11.9 Å². The number of hydrogen-bond acceptors (Lipinski definition) is 4. The van der Waals surface area contributed by atoms with Gasteiger partial charge in [0.2, 0.25) is 0 Å². The molecule has 0 saturated carbocycles. The maximum Gasteiger partial charge on any atom is 0.128 e. The first kappa shape index (κ1) is 12.9. The Balaban J connectivity index is 1.88. The molecule has 3 atom stereocenters. The van der Waals surface area contributed by atoms with Crippen molar-refractivity contribution in [3.8, 4) is 5.75 Å². The highest BCUT2D eigenvalue weighted by Gasteiger charge is 2.50. The highest BCUT2D eigenvalue weighted by atomic mass is 16.5. The van der Waals surface area contributed by atoms with Crippen molar-refractivity contribution in [2.45, 2.75) is 57.3 Å². The van der Waals surface area contributed by atoms with Gasteiger partial charge in [0, 0.05) is 29.4 Å². The summed E-state index contributed by atoms with van der Waals surface area (Å²) in [6.07, 6.45) is 6.41. The Kier molecular flexibility index (Phi) is 3.02. The molecule has 2 fully saturated rings. The third-order valence-electron chi connectivity index (χ3n) is 4.60. The Morgan fingerprint density at radius 3 is 2.84 bits per heavy atom. The van der Waals surface area contributed by atoms with Crippen molar-refractivity contribution in [1.82, 2.24) is 4.98 Å². The number of fused-ring (bicyclic) bond motifs is 2. The first-order valence-corrected chi connectivity index (χ1v) is 6.97. The SMILES string of the molecule is COc1c(C)cnc(CC2(N)CC3CCC2O3)c1C. The molecule has 0 spiro atoms. The van der Waals surface area contributed by atoms with Crippen molar-refractivity contribution in [2.75, 3.05) is 7.11 Å². The average Bonchev–Trinajstić information content (AvgIpc) is 2.93. The monoisotopic (exact) mass is 262 g/mol. The number of nitrogens with zero attached hydrogens (tertiary/aromatic N) is 1. The first-order chi connectivity index (χ1) is 9.03. The van der Waals surface area contributed by atoms with E-state index in [4.69, 9.17) is 15.2 Å². The van der Waals surface area contributed by atoms with Crippen molar-refractivity contribution >= 4 is 0 Å². The van der Waals surface area contributed by atoms with Gasteiger partial charge in [-0.15, -0.1) is 0 Å². The Hall–Kier alpha value is -1.13. The van der Waals surface area contributed by atoms with Crippen LogP contribution in [0.4, 0.5) is 0 Å². The number of rotatable bonds is 3. The van der Waals surface area contributed by atoms with Crippen LogP contribution in [-0.2, 0) is 11.2 Å². The molecule has 3 unspecified atom stereocenters. The molecule has 1 aromatic heterocycles. The number of ether oxygens (including phenoxy) is 2. The van der Waals surface area contributed by atoms with E-state index in [1.165, 1.54) is 0 Å². The molecule has 0 amide bonds. The molecule has 2 aliphatic heterocycles. The normalized spacial score (nSPS) is 32.8. The Labute approximate surface area is 114 Å². The van der Waals surface area contributed by atoms with Crippen molar-refractivity contribution in [3.05, 3.63) is 23.0 Å². The van der Waals surface area contributed by atoms with Crippen LogP contribution in [0.3, 0.4) is 0 Å². The predicted octanol–water partition coefficient (Wildman–Crippen LogP) is 1.90. The molecule has 0 aromatic carbocycles. The molecule has 0 aliphatic carbocycles. The summed E-state index contributed by atoms with van der Waals surface area (Å²) in [4.78, 5) is 4.56. The number of hydrogen-bond donors (Lipinski definition) is 1. The molecule has 2 N–H and O–H groups in total. The summed E-state index contributed by atoms with van der Waals surface area (Å²) >= 11 is 0. The van der Waals surface area contributed by atoms with E-state index < -0.39 is 0 Å². The minimum absolute atomic E-state index is 0.200. The Bertz CT molecular complexity index is 503. The summed E-state index contributed by atoms with van der Waals surface area (Å²) < 4.78 is 11.4. The van der Waals surface area contributed by atoms with Crippen LogP contribution in [0.5, 0.6) is 5.75 Å². The van der Waals surface area contributed by atoms with Crippen LogP contribution in [0.25, 0.3) is 0 Å². The van der Waals surface area contributed by atoms with Crippen LogP contribution in [0.2, 0.25) is 0 Å². The lowest BCUT2D eigenvalue weighted by atomic mass is 9.78. The highest BCUT2D eigenvalue weighted by Crippen LogP contribution is 2.42. The third kappa shape index (κ3) is 2.03. The van der Waals surface area contributed by atoms with Gasteiger partial charge < -0.3 is 15.2 Å². The first-order valence-electron chi connectivity index (χ1n) is 6.97. The van der Waals surface area contributed by atoms with Crippen molar-refractivity contribution < 1.29 is 9.47 Å². The summed E-state index contributed by atoms with van der Waals surface area (Å²) in [6, 6.07) is 0. The van der Waals surface area contributed by atoms with Crippen LogP contribution < -0.4 is 10.5 Å². The fraction of sp³-hybridized carbons (Fsp3) is 0.667. The standard InChI is InChI=1S/C15H22N2O2/c1-9-8-17-12(10(2)14(9)18-3)7-15(16)6-11-4-5-13(15)19-11/h8,11,13H,4-7,16H2,1-3H3. The van der Waals surface area contributed by atoms with Crippen LogP contribution in [0, 0.1) is 13.8 Å². The molecular weight excluding hydrogens is 240 g/mol. The topological polar surface area (TPSA) is 57.4 Å². The van der Waals surface area contributed by atoms with Gasteiger partial charge >= 0.3 is 0 Å². The molecule has 2 saturated heterocycles. The molecule has 2 bridgehead atoms. The summed E-state index contributed by atoms with van der Waals surface area (Å²) in [5, 5.41) is 0. The van der Waals surface area contributed by atoms with Crippen LogP contribution in [0.15, 0.2) is 6.20 Å². The quantitative estimate of drug-likeness (QED) is 0.904. The van der Waals surface area contributed by atoms with Crippen molar-refractivity contribution in [2.24, 2.45) is 5.73 Å². The van der Waals surface area contributed by atoms with E-state index in [0.717, 1.165) is 48.3 Å². The van der Waals surface area contributed by atoms with Crippen LogP contribution in [0.1, 0.15) is 36.1 Å². The van der Waals surface area contributed by atoms with Gasteiger partial charge in [0.15, 0.2) is 0 Å². The molecule has 3 heterocycles. The maximum atomic E-state index is 6.57. The van der Waals surface area contributed by atoms with E-state index in [1.54, 1.807) is 7.11 Å². The Morgan fingerprint density at radius 2 is 2.26 bits per heavy atom. The number of aromatic nitrogens is 1. The predicted molar refractivity (Wildman–Crippen MR) is 73.4 cm³/mol. The van der Waals surface area contributed by atoms with E-state index in [1.807, 2.05) is 13.1 Å². The minimum Gasteiger partial charge on any atom is -0.496 e. The molecular formula is C15H22N2O2. The van der Waals surface area contributed by atoms with Gasteiger partial charge in [-0.2, -0.15) is 0 Å². The molecule has 104 valence electrons. The maximum absolute atomic E-state index is 6.57. The molecule has 4 heteroatoms. The lowest BCUT2D eigenvalue weighted by Gasteiger charge is -2.31. The van der Waals surface area contributed by atoms with E-state index in [-0.39, 0.29) is 11.6 Å². The lowest BCUT2D eigenvalue weighted by Crippen LogP contribution is -2.50. The number of methoxy groups -OCH3 is 1. The smallest absolute Gasteiger partial charge is 0.128 e. The van der Waals surface area contributed by atoms with E-state index >= 15 is 0 Å². The van der Waals surface area contributed by atoms with Gasteiger partial charge in [0.1, 0.15) is 5.75 Å². The average molecular weight is 262 g/mol. The third-order valence-corrected chi connectivity index (χ3v) is 4.60. The fourth-order valence-corrected chi connectivity index (χ4v) is 3.58. The zero-order valence-corrected chi connectivity index (χ0v) is 11.9. The van der Waals surface area contributed by atoms with Crippen molar-refractivity contribution in [3.63, 3.8) is 0 Å². The molecule has 2 aliphatic rings. The second-order valence-electron chi connectivity index (χ2n) is 5.98. The summed E-state index contributed by atoms with van der Waals surface area (Å²) in [6.45, 7) is 4.08. The van der Waals surface area contributed by atoms with Gasteiger partial charge in [-0.05, 0) is 33.1 Å². The van der Waals surface area contributed by atoms with Crippen LogP contribution >= 0.6 is 0 Å². The number of nitrogens with two attached hydrogens (primary N) is 1. The highest BCUT2D eigenvalue weighted by molar-refractivity contribution is 5.41. The summed E-state index contributed by atoms with van der Waals surface area (Å²) in [5.41, 5.74) is 9.54. The fourth-order valence-electron chi connectivity index (χ4n) is 3.58. The second-order valence-corrected chi connectivity index (χ2v) is 5.98. The van der Waals surface area contributed by atoms with Crippen LogP contribution in [-0.4, -0.2) is 29.8 Å². The van der Waals surface area contributed by atoms with Crippen molar-refractivity contribution in [1.29, 1.82) is 0 Å². The summed E-state index contributed by atoms with van der Waals surface area (Å²) in [5.74, 6) is 0.928. The summed E-state index contributed by atoms with van der Waals surface area (Å²) in [7, 11) is 1.71.